The van der Waals surface area contributed by atoms with Crippen LogP contribution < -0.4 is 0 Å². The van der Waals surface area contributed by atoms with Gasteiger partial charge in [0, 0.05) is 13.7 Å². The first-order valence-electron chi connectivity index (χ1n) is 8.41. The number of hydrogen-bond donors (Lipinski definition) is 0. The maximum atomic E-state index is 12.7. The molecule has 7 nitrogen and oxygen atoms in total. The molecule has 1 aliphatic carbocycles. The molecule has 0 unspecified atom stereocenters. The van der Waals surface area contributed by atoms with Crippen molar-refractivity contribution in [1.29, 1.82) is 0 Å². The Morgan fingerprint density at radius 2 is 1.96 bits per heavy atom. The van der Waals surface area contributed by atoms with E-state index in [0.29, 0.717) is 31.8 Å². The summed E-state index contributed by atoms with van der Waals surface area (Å²) in [5.74, 6) is -0.761. The minimum atomic E-state index is -0.317. The number of furan rings is 1. The second-order valence-electron chi connectivity index (χ2n) is 6.31. The number of rotatable bonds is 7. The van der Waals surface area contributed by atoms with Gasteiger partial charge < -0.3 is 14.1 Å². The van der Waals surface area contributed by atoms with Crippen molar-refractivity contribution in [1.82, 2.24) is 9.80 Å². The van der Waals surface area contributed by atoms with Gasteiger partial charge in [-0.25, -0.2) is 0 Å². The highest BCUT2D eigenvalue weighted by Gasteiger charge is 2.47. The molecule has 25 heavy (non-hydrogen) atoms. The van der Waals surface area contributed by atoms with E-state index in [1.165, 1.54) is 0 Å². The van der Waals surface area contributed by atoms with Crippen molar-refractivity contribution in [3.63, 3.8) is 0 Å². The Hall–Kier alpha value is -2.41. The Labute approximate surface area is 146 Å². The number of carbonyl (C=O) groups is 3. The lowest BCUT2D eigenvalue weighted by Gasteiger charge is -2.24. The number of fused-ring (bicyclic) bond motifs is 1. The molecule has 1 saturated heterocycles. The lowest BCUT2D eigenvalue weighted by atomic mass is 9.85. The SMILES string of the molecule is COCCN(Cc1ccco1)C(=O)CN1C(=O)[C@H]2CC=CC[C@@H]2C1=O. The van der Waals surface area contributed by atoms with Crippen LogP contribution in [0.1, 0.15) is 18.6 Å². The summed E-state index contributed by atoms with van der Waals surface area (Å²) < 4.78 is 10.3. The van der Waals surface area contributed by atoms with Crippen molar-refractivity contribution < 1.29 is 23.5 Å². The Morgan fingerprint density at radius 1 is 1.28 bits per heavy atom. The van der Waals surface area contributed by atoms with E-state index >= 15 is 0 Å². The zero-order valence-corrected chi connectivity index (χ0v) is 14.2. The van der Waals surface area contributed by atoms with E-state index in [-0.39, 0.29) is 42.6 Å². The first-order chi connectivity index (χ1) is 12.1. The van der Waals surface area contributed by atoms with Gasteiger partial charge in [0.15, 0.2) is 0 Å². The lowest BCUT2D eigenvalue weighted by Crippen LogP contribution is -2.44. The zero-order valence-electron chi connectivity index (χ0n) is 14.2. The molecule has 1 aliphatic heterocycles. The van der Waals surface area contributed by atoms with Crippen LogP contribution in [0, 0.1) is 11.8 Å². The molecule has 3 rings (SSSR count). The van der Waals surface area contributed by atoms with Crippen molar-refractivity contribution in [2.24, 2.45) is 11.8 Å². The predicted molar refractivity (Wildman–Crippen MR) is 88.1 cm³/mol. The minimum Gasteiger partial charge on any atom is -0.467 e. The summed E-state index contributed by atoms with van der Waals surface area (Å²) in [5, 5.41) is 0. The summed E-state index contributed by atoms with van der Waals surface area (Å²) in [5.41, 5.74) is 0. The average molecular weight is 346 g/mol. The third-order valence-electron chi connectivity index (χ3n) is 4.74. The fourth-order valence-corrected chi connectivity index (χ4v) is 3.34. The molecule has 2 aliphatic rings. The van der Waals surface area contributed by atoms with Crippen LogP contribution in [0.15, 0.2) is 35.0 Å². The number of allylic oxidation sites excluding steroid dienone is 2. The number of ether oxygens (including phenoxy) is 1. The van der Waals surface area contributed by atoms with Crippen molar-refractivity contribution in [3.8, 4) is 0 Å². The summed E-state index contributed by atoms with van der Waals surface area (Å²) in [4.78, 5) is 40.4. The molecule has 0 radical (unpaired) electrons. The van der Waals surface area contributed by atoms with Crippen molar-refractivity contribution in [2.75, 3.05) is 26.8 Å². The van der Waals surface area contributed by atoms with Gasteiger partial charge in [-0.2, -0.15) is 0 Å². The summed E-state index contributed by atoms with van der Waals surface area (Å²) in [7, 11) is 1.56. The van der Waals surface area contributed by atoms with Gasteiger partial charge in [0.1, 0.15) is 12.3 Å². The monoisotopic (exact) mass is 346 g/mol. The maximum Gasteiger partial charge on any atom is 0.243 e. The fraction of sp³-hybridized carbons (Fsp3) is 0.500. The van der Waals surface area contributed by atoms with Crippen LogP contribution in [0.2, 0.25) is 0 Å². The summed E-state index contributed by atoms with van der Waals surface area (Å²) >= 11 is 0. The quantitative estimate of drug-likeness (QED) is 0.548. The summed E-state index contributed by atoms with van der Waals surface area (Å²) in [6.07, 6.45) is 6.54. The predicted octanol–water partition coefficient (Wildman–Crippen LogP) is 1.21. The Kier molecular flexibility index (Phi) is 5.33. The standard InChI is InChI=1S/C18H22N2O5/c1-24-10-8-19(11-13-5-4-9-25-13)16(21)12-20-17(22)14-6-2-3-7-15(14)18(20)23/h2-5,9,14-15H,6-8,10-12H2,1H3/t14-,15-/m0/s1. The second kappa shape index (κ2) is 7.65. The molecule has 1 fully saturated rings. The van der Waals surface area contributed by atoms with Gasteiger partial charge in [-0.15, -0.1) is 0 Å². The van der Waals surface area contributed by atoms with Crippen molar-refractivity contribution >= 4 is 17.7 Å². The molecular formula is C18H22N2O5. The normalized spacial score (nSPS) is 22.4. The van der Waals surface area contributed by atoms with Crippen LogP contribution in [0.4, 0.5) is 0 Å². The third kappa shape index (κ3) is 3.66. The first kappa shape index (κ1) is 17.4. The zero-order chi connectivity index (χ0) is 17.8. The molecular weight excluding hydrogens is 324 g/mol. The number of nitrogens with zero attached hydrogens (tertiary/aromatic N) is 2. The molecule has 0 bridgehead atoms. The van der Waals surface area contributed by atoms with Crippen LogP contribution in [0.3, 0.4) is 0 Å². The maximum absolute atomic E-state index is 12.7. The largest absolute Gasteiger partial charge is 0.467 e. The fourth-order valence-electron chi connectivity index (χ4n) is 3.34. The van der Waals surface area contributed by atoms with Crippen molar-refractivity contribution in [3.05, 3.63) is 36.3 Å². The van der Waals surface area contributed by atoms with Crippen LogP contribution in [-0.2, 0) is 25.7 Å². The molecule has 3 amide bonds. The number of amides is 3. The number of carbonyl (C=O) groups excluding carboxylic acids is 3. The molecule has 7 heteroatoms. The number of likely N-dealkylation sites (tertiary alicyclic amines) is 1. The molecule has 1 aromatic heterocycles. The van der Waals surface area contributed by atoms with Gasteiger partial charge in [-0.3, -0.25) is 19.3 Å². The van der Waals surface area contributed by atoms with Gasteiger partial charge in [0.2, 0.25) is 17.7 Å². The van der Waals surface area contributed by atoms with E-state index < -0.39 is 0 Å². The van der Waals surface area contributed by atoms with E-state index in [4.69, 9.17) is 9.15 Å². The van der Waals surface area contributed by atoms with E-state index in [1.807, 2.05) is 12.2 Å². The van der Waals surface area contributed by atoms with Gasteiger partial charge in [0.25, 0.3) is 0 Å². The van der Waals surface area contributed by atoms with E-state index in [1.54, 1.807) is 30.4 Å². The van der Waals surface area contributed by atoms with Crippen LogP contribution >= 0.6 is 0 Å². The van der Waals surface area contributed by atoms with Gasteiger partial charge in [-0.05, 0) is 25.0 Å². The average Bonchev–Trinajstić information content (AvgIpc) is 3.22. The third-order valence-corrected chi connectivity index (χ3v) is 4.74. The van der Waals surface area contributed by atoms with Gasteiger partial charge in [0.05, 0.1) is 31.3 Å². The molecule has 2 atom stereocenters. The van der Waals surface area contributed by atoms with Gasteiger partial charge in [-0.1, -0.05) is 12.2 Å². The smallest absolute Gasteiger partial charge is 0.243 e. The highest BCUT2D eigenvalue weighted by Crippen LogP contribution is 2.34. The lowest BCUT2D eigenvalue weighted by molar-refractivity contribution is -0.147. The molecule has 0 spiro atoms. The van der Waals surface area contributed by atoms with E-state index in [9.17, 15) is 14.4 Å². The number of methoxy groups -OCH3 is 1. The highest BCUT2D eigenvalue weighted by molar-refractivity contribution is 6.07. The Balaban J connectivity index is 1.67. The van der Waals surface area contributed by atoms with Crippen LogP contribution in [0.5, 0.6) is 0 Å². The summed E-state index contributed by atoms with van der Waals surface area (Å²) in [6, 6.07) is 3.53. The molecule has 0 aromatic carbocycles. The molecule has 0 saturated carbocycles. The first-order valence-corrected chi connectivity index (χ1v) is 8.41. The summed E-state index contributed by atoms with van der Waals surface area (Å²) in [6.45, 7) is 0.777. The number of imide groups is 1. The van der Waals surface area contributed by atoms with Gasteiger partial charge >= 0.3 is 0 Å². The number of hydrogen-bond acceptors (Lipinski definition) is 5. The van der Waals surface area contributed by atoms with Crippen LogP contribution in [0.25, 0.3) is 0 Å². The topological polar surface area (TPSA) is 80.1 Å². The highest BCUT2D eigenvalue weighted by atomic mass is 16.5. The Morgan fingerprint density at radius 3 is 2.52 bits per heavy atom. The van der Waals surface area contributed by atoms with Crippen LogP contribution in [-0.4, -0.2) is 54.3 Å². The molecule has 1 aromatic rings. The molecule has 134 valence electrons. The second-order valence-corrected chi connectivity index (χ2v) is 6.31. The molecule has 0 N–H and O–H groups in total. The van der Waals surface area contributed by atoms with E-state index in [0.717, 1.165) is 4.90 Å². The Bertz CT molecular complexity index is 641. The molecule has 2 heterocycles. The van der Waals surface area contributed by atoms with E-state index in [2.05, 4.69) is 0 Å². The minimum absolute atomic E-state index is 0.227. The van der Waals surface area contributed by atoms with Crippen molar-refractivity contribution in [2.45, 2.75) is 19.4 Å².